The Bertz CT molecular complexity index is 734. The molecular formula is C21H28N4O. The third-order valence-electron chi connectivity index (χ3n) is 4.82. The number of carbonyl (C=O) groups is 1. The van der Waals surface area contributed by atoms with Crippen molar-refractivity contribution in [2.24, 2.45) is 11.8 Å². The molecule has 1 amide bonds. The minimum Gasteiger partial charge on any atom is -0.356 e. The van der Waals surface area contributed by atoms with Crippen LogP contribution in [0.15, 0.2) is 36.5 Å². The maximum atomic E-state index is 12.3. The molecule has 0 bridgehead atoms. The third kappa shape index (κ3) is 4.59. The first kappa shape index (κ1) is 18.4. The molecule has 0 spiro atoms. The Kier molecular flexibility index (Phi) is 5.86. The van der Waals surface area contributed by atoms with E-state index in [-0.39, 0.29) is 11.8 Å². The van der Waals surface area contributed by atoms with Gasteiger partial charge >= 0.3 is 0 Å². The van der Waals surface area contributed by atoms with Gasteiger partial charge in [-0.1, -0.05) is 43.7 Å². The fourth-order valence-corrected chi connectivity index (χ4v) is 3.19. The van der Waals surface area contributed by atoms with Gasteiger partial charge in [0.25, 0.3) is 0 Å². The topological polar surface area (TPSA) is 58.1 Å². The average Bonchev–Trinajstić information content (AvgIpc) is 2.67. The highest BCUT2D eigenvalue weighted by molar-refractivity contribution is 5.79. The van der Waals surface area contributed by atoms with Crippen molar-refractivity contribution in [1.82, 2.24) is 15.3 Å². The van der Waals surface area contributed by atoms with Gasteiger partial charge in [-0.3, -0.25) is 4.79 Å². The van der Waals surface area contributed by atoms with Gasteiger partial charge in [0.15, 0.2) is 5.82 Å². The van der Waals surface area contributed by atoms with Crippen LogP contribution in [-0.4, -0.2) is 35.5 Å². The summed E-state index contributed by atoms with van der Waals surface area (Å²) in [4.78, 5) is 23.7. The number of carbonyl (C=O) groups excluding carboxylic acids is 1. The summed E-state index contributed by atoms with van der Waals surface area (Å²) < 4.78 is 0. The predicted molar refractivity (Wildman–Crippen MR) is 105 cm³/mol. The average molecular weight is 352 g/mol. The van der Waals surface area contributed by atoms with Crippen LogP contribution in [0.25, 0.3) is 11.4 Å². The van der Waals surface area contributed by atoms with Crippen LogP contribution in [-0.2, 0) is 4.79 Å². The van der Waals surface area contributed by atoms with Crippen molar-refractivity contribution in [3.8, 4) is 11.4 Å². The molecule has 1 aromatic heterocycles. The van der Waals surface area contributed by atoms with Gasteiger partial charge in [-0.2, -0.15) is 0 Å². The minimum absolute atomic E-state index is 0.114. The maximum absolute atomic E-state index is 12.3. The lowest BCUT2D eigenvalue weighted by Gasteiger charge is -2.32. The van der Waals surface area contributed by atoms with Crippen LogP contribution in [0.5, 0.6) is 0 Å². The van der Waals surface area contributed by atoms with Gasteiger partial charge < -0.3 is 10.2 Å². The fourth-order valence-electron chi connectivity index (χ4n) is 3.19. The number of anilines is 1. The van der Waals surface area contributed by atoms with E-state index < -0.39 is 0 Å². The molecule has 5 heteroatoms. The lowest BCUT2D eigenvalue weighted by molar-refractivity contribution is -0.125. The van der Waals surface area contributed by atoms with Crippen LogP contribution in [0.1, 0.15) is 32.3 Å². The Morgan fingerprint density at radius 2 is 1.88 bits per heavy atom. The first-order valence-corrected chi connectivity index (χ1v) is 9.45. The number of nitrogens with one attached hydrogen (secondary N) is 1. The molecular weight excluding hydrogens is 324 g/mol. The Morgan fingerprint density at radius 1 is 1.19 bits per heavy atom. The number of nitrogens with zero attached hydrogens (tertiary/aromatic N) is 3. The summed E-state index contributed by atoms with van der Waals surface area (Å²) in [7, 11) is 0. The Labute approximate surface area is 155 Å². The predicted octanol–water partition coefficient (Wildman–Crippen LogP) is 3.44. The van der Waals surface area contributed by atoms with Crippen LogP contribution in [0.3, 0.4) is 0 Å². The SMILES string of the molecule is Cc1ccc(-c2nccc(N3CCC(C(=O)NCC(C)C)CC3)n2)cc1. The van der Waals surface area contributed by atoms with Crippen molar-refractivity contribution in [2.75, 3.05) is 24.5 Å². The highest BCUT2D eigenvalue weighted by atomic mass is 16.1. The summed E-state index contributed by atoms with van der Waals surface area (Å²) in [6.45, 7) is 8.76. The number of amides is 1. The second-order valence-electron chi connectivity index (χ2n) is 7.50. The molecule has 3 rings (SSSR count). The number of piperidine rings is 1. The van der Waals surface area contributed by atoms with E-state index in [0.29, 0.717) is 5.92 Å². The van der Waals surface area contributed by atoms with E-state index in [4.69, 9.17) is 4.98 Å². The van der Waals surface area contributed by atoms with Crippen molar-refractivity contribution in [3.63, 3.8) is 0 Å². The van der Waals surface area contributed by atoms with Crippen molar-refractivity contribution >= 4 is 11.7 Å². The molecule has 0 radical (unpaired) electrons. The second-order valence-corrected chi connectivity index (χ2v) is 7.50. The van der Waals surface area contributed by atoms with Gasteiger partial charge in [0, 0.05) is 37.3 Å². The summed E-state index contributed by atoms with van der Waals surface area (Å²) in [5, 5.41) is 3.06. The van der Waals surface area contributed by atoms with Crippen molar-refractivity contribution in [2.45, 2.75) is 33.6 Å². The summed E-state index contributed by atoms with van der Waals surface area (Å²) in [5.41, 5.74) is 2.25. The van der Waals surface area contributed by atoms with Crippen molar-refractivity contribution in [1.29, 1.82) is 0 Å². The Hall–Kier alpha value is -2.43. The van der Waals surface area contributed by atoms with Gasteiger partial charge in [-0.05, 0) is 31.7 Å². The summed E-state index contributed by atoms with van der Waals surface area (Å²) >= 11 is 0. The highest BCUT2D eigenvalue weighted by Gasteiger charge is 2.25. The number of rotatable bonds is 5. The first-order valence-electron chi connectivity index (χ1n) is 9.45. The molecule has 138 valence electrons. The third-order valence-corrected chi connectivity index (χ3v) is 4.82. The van der Waals surface area contributed by atoms with E-state index in [1.54, 1.807) is 0 Å². The van der Waals surface area contributed by atoms with Crippen LogP contribution in [0.4, 0.5) is 5.82 Å². The molecule has 1 aromatic carbocycles. The molecule has 0 atom stereocenters. The Morgan fingerprint density at radius 3 is 2.54 bits per heavy atom. The molecule has 5 nitrogen and oxygen atoms in total. The van der Waals surface area contributed by atoms with E-state index in [1.165, 1.54) is 5.56 Å². The molecule has 2 heterocycles. The van der Waals surface area contributed by atoms with Crippen molar-refractivity contribution < 1.29 is 4.79 Å². The number of benzene rings is 1. The lowest BCUT2D eigenvalue weighted by atomic mass is 9.95. The quantitative estimate of drug-likeness (QED) is 0.895. The molecule has 2 aromatic rings. The number of aryl methyl sites for hydroxylation is 1. The van der Waals surface area contributed by atoms with Crippen LogP contribution in [0, 0.1) is 18.8 Å². The molecule has 1 fully saturated rings. The molecule has 1 aliphatic heterocycles. The van der Waals surface area contributed by atoms with Gasteiger partial charge in [-0.15, -0.1) is 0 Å². The van der Waals surface area contributed by atoms with E-state index in [9.17, 15) is 4.79 Å². The molecule has 0 aliphatic carbocycles. The van der Waals surface area contributed by atoms with Gasteiger partial charge in [-0.25, -0.2) is 9.97 Å². The standard InChI is InChI=1S/C21H28N4O/c1-15(2)14-23-21(26)18-9-12-25(13-10-18)19-8-11-22-20(24-19)17-6-4-16(3)5-7-17/h4-8,11,15,18H,9-10,12-14H2,1-3H3,(H,23,26). The summed E-state index contributed by atoms with van der Waals surface area (Å²) in [6, 6.07) is 10.2. The van der Waals surface area contributed by atoms with Gasteiger partial charge in [0.2, 0.25) is 5.91 Å². The second kappa shape index (κ2) is 8.30. The van der Waals surface area contributed by atoms with E-state index in [1.807, 2.05) is 12.3 Å². The van der Waals surface area contributed by atoms with Gasteiger partial charge in [0.1, 0.15) is 5.82 Å². The summed E-state index contributed by atoms with van der Waals surface area (Å²) in [6.07, 6.45) is 3.56. The van der Waals surface area contributed by atoms with Crippen LogP contribution < -0.4 is 10.2 Å². The fraction of sp³-hybridized carbons (Fsp3) is 0.476. The molecule has 0 saturated carbocycles. The minimum atomic E-state index is 0.114. The Balaban J connectivity index is 1.62. The highest BCUT2D eigenvalue weighted by Crippen LogP contribution is 2.24. The first-order chi connectivity index (χ1) is 12.5. The van der Waals surface area contributed by atoms with Crippen LogP contribution >= 0.6 is 0 Å². The smallest absolute Gasteiger partial charge is 0.223 e. The maximum Gasteiger partial charge on any atom is 0.223 e. The zero-order valence-corrected chi connectivity index (χ0v) is 15.9. The molecule has 1 saturated heterocycles. The summed E-state index contributed by atoms with van der Waals surface area (Å²) in [5.74, 6) is 2.49. The van der Waals surface area contributed by atoms with Crippen molar-refractivity contribution in [3.05, 3.63) is 42.1 Å². The lowest BCUT2D eigenvalue weighted by Crippen LogP contribution is -2.41. The monoisotopic (exact) mass is 352 g/mol. The largest absolute Gasteiger partial charge is 0.356 e. The zero-order chi connectivity index (χ0) is 18.5. The van der Waals surface area contributed by atoms with Crippen LogP contribution in [0.2, 0.25) is 0 Å². The number of hydrogen-bond acceptors (Lipinski definition) is 4. The molecule has 1 N–H and O–H groups in total. The van der Waals surface area contributed by atoms with E-state index in [2.05, 4.69) is 60.2 Å². The van der Waals surface area contributed by atoms with Gasteiger partial charge in [0.05, 0.1) is 0 Å². The molecule has 0 unspecified atom stereocenters. The zero-order valence-electron chi connectivity index (χ0n) is 15.9. The molecule has 26 heavy (non-hydrogen) atoms. The number of hydrogen-bond donors (Lipinski definition) is 1. The van der Waals surface area contributed by atoms with E-state index >= 15 is 0 Å². The normalized spacial score (nSPS) is 15.3. The molecule has 1 aliphatic rings. The number of aromatic nitrogens is 2. The van der Waals surface area contributed by atoms with E-state index in [0.717, 1.165) is 49.7 Å².